The Hall–Kier alpha value is -0.800. The molecule has 0 saturated carbocycles. The van der Waals surface area contributed by atoms with Gasteiger partial charge in [0, 0.05) is 11.3 Å². The summed E-state index contributed by atoms with van der Waals surface area (Å²) in [5.74, 6) is 1.07. The molecule has 1 N–H and O–H groups in total. The Morgan fingerprint density at radius 1 is 1.57 bits per heavy atom. The molecule has 14 heavy (non-hydrogen) atoms. The fourth-order valence-electron chi connectivity index (χ4n) is 1.73. The molecule has 0 bridgehead atoms. The van der Waals surface area contributed by atoms with Gasteiger partial charge in [0.15, 0.2) is 0 Å². The van der Waals surface area contributed by atoms with Crippen LogP contribution < -0.4 is 5.32 Å². The van der Waals surface area contributed by atoms with Crippen LogP contribution in [0.15, 0.2) is 23.3 Å². The average molecular weight is 209 g/mol. The second-order valence-corrected chi connectivity index (χ2v) is 4.57. The molecule has 0 aliphatic carbocycles. The van der Waals surface area contributed by atoms with Gasteiger partial charge >= 0.3 is 0 Å². The molecular weight excluding hydrogens is 194 g/mol. The summed E-state index contributed by atoms with van der Waals surface area (Å²) in [6.45, 7) is 2.96. The molecule has 1 aliphatic heterocycles. The van der Waals surface area contributed by atoms with Crippen LogP contribution in [0.5, 0.6) is 0 Å². The van der Waals surface area contributed by atoms with Gasteiger partial charge in [-0.1, -0.05) is 0 Å². The number of thiophene rings is 1. The van der Waals surface area contributed by atoms with E-state index < -0.39 is 0 Å². The lowest BCUT2D eigenvalue weighted by Gasteiger charge is -2.16. The molecule has 2 heterocycles. The van der Waals surface area contributed by atoms with Crippen LogP contribution in [0.2, 0.25) is 0 Å². The number of aryl methyl sites for hydroxylation is 1. The van der Waals surface area contributed by atoms with E-state index in [0.717, 1.165) is 18.8 Å². The van der Waals surface area contributed by atoms with Crippen LogP contribution in [0.1, 0.15) is 22.9 Å². The highest BCUT2D eigenvalue weighted by Gasteiger charge is 2.19. The van der Waals surface area contributed by atoms with Crippen molar-refractivity contribution in [1.82, 2.24) is 5.32 Å². The standard InChI is InChI=1S/C11H15NOS/c1-8-6-9(7-14-8)11(12-2)10-4-3-5-13-10/h4,6-7,11-12H,3,5H2,1-2H3. The van der Waals surface area contributed by atoms with Crippen LogP contribution in [0.3, 0.4) is 0 Å². The smallest absolute Gasteiger partial charge is 0.114 e. The first-order valence-corrected chi connectivity index (χ1v) is 5.74. The summed E-state index contributed by atoms with van der Waals surface area (Å²) in [4.78, 5) is 1.35. The van der Waals surface area contributed by atoms with Gasteiger partial charge in [0.2, 0.25) is 0 Å². The molecule has 0 radical (unpaired) electrons. The molecule has 2 rings (SSSR count). The van der Waals surface area contributed by atoms with Gasteiger partial charge in [0.05, 0.1) is 12.6 Å². The highest BCUT2D eigenvalue weighted by Crippen LogP contribution is 2.28. The maximum Gasteiger partial charge on any atom is 0.114 e. The third-order valence-electron chi connectivity index (χ3n) is 2.39. The van der Waals surface area contributed by atoms with Gasteiger partial charge < -0.3 is 10.1 Å². The van der Waals surface area contributed by atoms with Crippen molar-refractivity contribution in [1.29, 1.82) is 0 Å². The predicted molar refractivity (Wildman–Crippen MR) is 59.5 cm³/mol. The van der Waals surface area contributed by atoms with Gasteiger partial charge in [0.25, 0.3) is 0 Å². The van der Waals surface area contributed by atoms with E-state index in [1.165, 1.54) is 10.4 Å². The number of nitrogens with one attached hydrogen (secondary N) is 1. The Balaban J connectivity index is 2.20. The average Bonchev–Trinajstić information content (AvgIpc) is 2.79. The van der Waals surface area contributed by atoms with E-state index in [4.69, 9.17) is 4.74 Å². The summed E-state index contributed by atoms with van der Waals surface area (Å²) >= 11 is 1.78. The van der Waals surface area contributed by atoms with Crippen molar-refractivity contribution in [2.75, 3.05) is 13.7 Å². The van der Waals surface area contributed by atoms with Gasteiger partial charge in [-0.05, 0) is 37.1 Å². The number of ether oxygens (including phenoxy) is 1. The summed E-state index contributed by atoms with van der Waals surface area (Å²) < 4.78 is 5.57. The Bertz CT molecular complexity index is 343. The summed E-state index contributed by atoms with van der Waals surface area (Å²) in [5, 5.41) is 5.48. The largest absolute Gasteiger partial charge is 0.496 e. The second kappa shape index (κ2) is 4.15. The molecule has 1 aromatic heterocycles. The molecule has 76 valence electrons. The van der Waals surface area contributed by atoms with E-state index in [-0.39, 0.29) is 6.04 Å². The van der Waals surface area contributed by atoms with Crippen molar-refractivity contribution in [2.45, 2.75) is 19.4 Å². The minimum atomic E-state index is 0.238. The van der Waals surface area contributed by atoms with E-state index in [1.54, 1.807) is 11.3 Å². The molecule has 0 saturated heterocycles. The Kier molecular flexibility index (Phi) is 2.89. The first-order chi connectivity index (χ1) is 6.81. The molecule has 1 atom stereocenters. The lowest BCUT2D eigenvalue weighted by Crippen LogP contribution is -2.18. The normalized spacial score (nSPS) is 17.7. The van der Waals surface area contributed by atoms with Crippen molar-refractivity contribution in [2.24, 2.45) is 0 Å². The maximum absolute atomic E-state index is 5.57. The minimum Gasteiger partial charge on any atom is -0.496 e. The molecule has 1 aromatic rings. The van der Waals surface area contributed by atoms with Crippen molar-refractivity contribution in [3.63, 3.8) is 0 Å². The summed E-state index contributed by atoms with van der Waals surface area (Å²) in [6, 6.07) is 2.45. The SMILES string of the molecule is CNC(C1=CCCO1)c1csc(C)c1. The summed E-state index contributed by atoms with van der Waals surface area (Å²) in [6.07, 6.45) is 3.21. The summed E-state index contributed by atoms with van der Waals surface area (Å²) in [7, 11) is 1.97. The number of hydrogen-bond donors (Lipinski definition) is 1. The zero-order valence-corrected chi connectivity index (χ0v) is 9.36. The van der Waals surface area contributed by atoms with Gasteiger partial charge in [0.1, 0.15) is 5.76 Å². The van der Waals surface area contributed by atoms with Crippen LogP contribution in [0.4, 0.5) is 0 Å². The third-order valence-corrected chi connectivity index (χ3v) is 3.27. The van der Waals surface area contributed by atoms with E-state index in [2.05, 4.69) is 29.8 Å². The van der Waals surface area contributed by atoms with E-state index in [0.29, 0.717) is 0 Å². The molecule has 0 fully saturated rings. The number of hydrogen-bond acceptors (Lipinski definition) is 3. The molecule has 1 unspecified atom stereocenters. The van der Waals surface area contributed by atoms with Crippen LogP contribution in [-0.2, 0) is 4.74 Å². The molecule has 2 nitrogen and oxygen atoms in total. The lowest BCUT2D eigenvalue weighted by atomic mass is 10.1. The maximum atomic E-state index is 5.57. The van der Waals surface area contributed by atoms with Gasteiger partial charge in [-0.25, -0.2) is 0 Å². The van der Waals surface area contributed by atoms with Crippen LogP contribution in [0.25, 0.3) is 0 Å². The zero-order valence-electron chi connectivity index (χ0n) is 8.54. The number of likely N-dealkylation sites (N-methyl/N-ethyl adjacent to an activating group) is 1. The van der Waals surface area contributed by atoms with Crippen LogP contribution >= 0.6 is 11.3 Å². The Labute approximate surface area is 88.6 Å². The van der Waals surface area contributed by atoms with E-state index in [9.17, 15) is 0 Å². The third kappa shape index (κ3) is 1.83. The molecular formula is C11H15NOS. The topological polar surface area (TPSA) is 21.3 Å². The molecule has 1 aliphatic rings. The molecule has 3 heteroatoms. The fraction of sp³-hybridized carbons (Fsp3) is 0.455. The quantitative estimate of drug-likeness (QED) is 0.826. The second-order valence-electron chi connectivity index (χ2n) is 3.46. The number of rotatable bonds is 3. The monoisotopic (exact) mass is 209 g/mol. The predicted octanol–water partition coefficient (Wildman–Crippen LogP) is 2.62. The van der Waals surface area contributed by atoms with E-state index >= 15 is 0 Å². The van der Waals surface area contributed by atoms with Crippen LogP contribution in [-0.4, -0.2) is 13.7 Å². The first-order valence-electron chi connectivity index (χ1n) is 4.86. The zero-order chi connectivity index (χ0) is 9.97. The first kappa shape index (κ1) is 9.74. The minimum absolute atomic E-state index is 0.238. The van der Waals surface area contributed by atoms with Crippen molar-refractivity contribution in [3.8, 4) is 0 Å². The summed E-state index contributed by atoms with van der Waals surface area (Å²) in [5.41, 5.74) is 1.31. The Morgan fingerprint density at radius 3 is 2.93 bits per heavy atom. The van der Waals surface area contributed by atoms with Gasteiger partial charge in [-0.3, -0.25) is 0 Å². The lowest BCUT2D eigenvalue weighted by molar-refractivity contribution is 0.218. The highest BCUT2D eigenvalue weighted by molar-refractivity contribution is 7.10. The molecule has 0 spiro atoms. The molecule has 0 amide bonds. The van der Waals surface area contributed by atoms with Gasteiger partial charge in [-0.2, -0.15) is 0 Å². The van der Waals surface area contributed by atoms with Crippen molar-refractivity contribution < 1.29 is 4.74 Å². The van der Waals surface area contributed by atoms with Crippen LogP contribution in [0, 0.1) is 6.92 Å². The van der Waals surface area contributed by atoms with E-state index in [1.807, 2.05) is 7.05 Å². The highest BCUT2D eigenvalue weighted by atomic mass is 32.1. The Morgan fingerprint density at radius 2 is 2.43 bits per heavy atom. The van der Waals surface area contributed by atoms with Gasteiger partial charge in [-0.15, -0.1) is 11.3 Å². The van der Waals surface area contributed by atoms with Crippen molar-refractivity contribution >= 4 is 11.3 Å². The van der Waals surface area contributed by atoms with Crippen molar-refractivity contribution in [3.05, 3.63) is 33.7 Å². The molecule has 0 aromatic carbocycles. The fourth-order valence-corrected chi connectivity index (χ4v) is 2.46.